The van der Waals surface area contributed by atoms with E-state index >= 15 is 0 Å². The minimum atomic E-state index is 0.0790. The van der Waals surface area contributed by atoms with Crippen LogP contribution in [-0.4, -0.2) is 16.5 Å². The number of hydrogen-bond acceptors (Lipinski definition) is 3. The summed E-state index contributed by atoms with van der Waals surface area (Å²) in [4.78, 5) is 9.30. The van der Waals surface area contributed by atoms with E-state index in [2.05, 4.69) is 24.9 Å². The highest BCUT2D eigenvalue weighted by atomic mass is 14.9. The number of aromatic nitrogens is 2. The third kappa shape index (κ3) is 1.84. The molecule has 3 heteroatoms. The zero-order chi connectivity index (χ0) is 11.8. The van der Waals surface area contributed by atoms with Crippen LogP contribution in [0, 0.1) is 6.92 Å². The second kappa shape index (κ2) is 4.13. The zero-order valence-corrected chi connectivity index (χ0v) is 10.5. The van der Waals surface area contributed by atoms with Crippen molar-refractivity contribution in [1.29, 1.82) is 0 Å². The van der Waals surface area contributed by atoms with Crippen molar-refractivity contribution in [2.75, 3.05) is 6.54 Å². The van der Waals surface area contributed by atoms with Crippen molar-refractivity contribution >= 4 is 0 Å². The maximum Gasteiger partial charge on any atom is 0.136 e. The molecule has 1 fully saturated rings. The average molecular weight is 219 g/mol. The summed E-state index contributed by atoms with van der Waals surface area (Å²) in [6, 6.07) is 2.08. The Morgan fingerprint density at radius 3 is 2.50 bits per heavy atom. The molecule has 0 radical (unpaired) electrons. The van der Waals surface area contributed by atoms with E-state index in [1.54, 1.807) is 0 Å². The van der Waals surface area contributed by atoms with Crippen LogP contribution >= 0.6 is 0 Å². The van der Waals surface area contributed by atoms with Crippen LogP contribution in [0.2, 0.25) is 0 Å². The Bertz CT molecular complexity index is 375. The fourth-order valence-electron chi connectivity index (χ4n) is 2.25. The maximum absolute atomic E-state index is 5.90. The molecule has 1 aromatic rings. The molecule has 2 N–H and O–H groups in total. The van der Waals surface area contributed by atoms with Crippen molar-refractivity contribution in [3.8, 4) is 0 Å². The maximum atomic E-state index is 5.90. The molecule has 1 heterocycles. The predicted octanol–water partition coefficient (Wildman–Crippen LogP) is 2.29. The summed E-state index contributed by atoms with van der Waals surface area (Å²) in [6.45, 7) is 7.05. The van der Waals surface area contributed by atoms with Crippen LogP contribution < -0.4 is 5.73 Å². The molecule has 0 bridgehead atoms. The van der Waals surface area contributed by atoms with Gasteiger partial charge in [0.1, 0.15) is 5.82 Å². The highest BCUT2D eigenvalue weighted by molar-refractivity contribution is 5.21. The highest BCUT2D eigenvalue weighted by Gasteiger charge is 2.40. The topological polar surface area (TPSA) is 51.8 Å². The van der Waals surface area contributed by atoms with Gasteiger partial charge in [-0.15, -0.1) is 0 Å². The Morgan fingerprint density at radius 2 is 2.06 bits per heavy atom. The fraction of sp³-hybridized carbons (Fsp3) is 0.692. The second-order valence-corrected chi connectivity index (χ2v) is 5.25. The third-order valence-corrected chi connectivity index (χ3v) is 3.64. The summed E-state index contributed by atoms with van der Waals surface area (Å²) < 4.78 is 0. The molecule has 0 saturated heterocycles. The molecule has 0 spiro atoms. The number of nitrogens with zero attached hydrogens (tertiary/aromatic N) is 2. The minimum Gasteiger partial charge on any atom is -0.329 e. The summed E-state index contributed by atoms with van der Waals surface area (Å²) in [5, 5.41) is 0. The summed E-state index contributed by atoms with van der Waals surface area (Å²) in [6.07, 6.45) is 3.54. The van der Waals surface area contributed by atoms with Gasteiger partial charge in [0.2, 0.25) is 0 Å². The van der Waals surface area contributed by atoms with Gasteiger partial charge in [-0.25, -0.2) is 9.97 Å². The van der Waals surface area contributed by atoms with Crippen LogP contribution in [0.4, 0.5) is 0 Å². The van der Waals surface area contributed by atoms with Gasteiger partial charge in [0.05, 0.1) is 0 Å². The van der Waals surface area contributed by atoms with E-state index < -0.39 is 0 Å². The van der Waals surface area contributed by atoms with Gasteiger partial charge in [-0.05, 0) is 31.7 Å². The lowest BCUT2D eigenvalue weighted by molar-refractivity contribution is 0.237. The van der Waals surface area contributed by atoms with Crippen molar-refractivity contribution in [1.82, 2.24) is 9.97 Å². The van der Waals surface area contributed by atoms with Crippen LogP contribution in [0.3, 0.4) is 0 Å². The van der Waals surface area contributed by atoms with Crippen molar-refractivity contribution in [3.63, 3.8) is 0 Å². The van der Waals surface area contributed by atoms with E-state index in [1.165, 1.54) is 6.42 Å². The van der Waals surface area contributed by atoms with Gasteiger partial charge in [-0.3, -0.25) is 0 Å². The van der Waals surface area contributed by atoms with E-state index in [0.29, 0.717) is 12.5 Å². The summed E-state index contributed by atoms with van der Waals surface area (Å²) in [5.41, 5.74) is 8.18. The van der Waals surface area contributed by atoms with Gasteiger partial charge in [-0.1, -0.05) is 20.3 Å². The first-order chi connectivity index (χ1) is 7.57. The van der Waals surface area contributed by atoms with Gasteiger partial charge < -0.3 is 5.73 Å². The molecule has 0 amide bonds. The standard InChI is InChI=1S/C13H21N3/c1-9(2)11-7-10(3)15-12(16-11)13(8-14)5-4-6-13/h7,9H,4-6,8,14H2,1-3H3. The number of aryl methyl sites for hydroxylation is 1. The van der Waals surface area contributed by atoms with E-state index in [0.717, 1.165) is 30.1 Å². The molecule has 0 unspecified atom stereocenters. The SMILES string of the molecule is Cc1cc(C(C)C)nc(C2(CN)CCC2)n1. The van der Waals surface area contributed by atoms with Crippen molar-refractivity contribution in [3.05, 3.63) is 23.3 Å². The van der Waals surface area contributed by atoms with Crippen LogP contribution in [0.25, 0.3) is 0 Å². The van der Waals surface area contributed by atoms with Gasteiger partial charge in [0.15, 0.2) is 0 Å². The van der Waals surface area contributed by atoms with Crippen LogP contribution in [0.5, 0.6) is 0 Å². The van der Waals surface area contributed by atoms with Crippen molar-refractivity contribution in [2.45, 2.75) is 51.4 Å². The highest BCUT2D eigenvalue weighted by Crippen LogP contribution is 2.41. The molecule has 0 aliphatic heterocycles. The first kappa shape index (κ1) is 11.5. The smallest absolute Gasteiger partial charge is 0.136 e. The lowest BCUT2D eigenvalue weighted by Crippen LogP contribution is -2.43. The lowest BCUT2D eigenvalue weighted by atomic mass is 9.68. The molecule has 1 aliphatic rings. The van der Waals surface area contributed by atoms with Crippen LogP contribution in [0.1, 0.15) is 56.2 Å². The molecular weight excluding hydrogens is 198 g/mol. The lowest BCUT2D eigenvalue weighted by Gasteiger charge is -2.39. The summed E-state index contributed by atoms with van der Waals surface area (Å²) in [5.74, 6) is 1.43. The zero-order valence-electron chi connectivity index (χ0n) is 10.5. The largest absolute Gasteiger partial charge is 0.329 e. The molecule has 1 saturated carbocycles. The Morgan fingerprint density at radius 1 is 1.38 bits per heavy atom. The summed E-state index contributed by atoms with van der Waals surface area (Å²) >= 11 is 0. The molecule has 16 heavy (non-hydrogen) atoms. The van der Waals surface area contributed by atoms with Crippen molar-refractivity contribution in [2.24, 2.45) is 5.73 Å². The van der Waals surface area contributed by atoms with E-state index in [9.17, 15) is 0 Å². The van der Waals surface area contributed by atoms with E-state index in [1.807, 2.05) is 6.92 Å². The molecule has 0 atom stereocenters. The van der Waals surface area contributed by atoms with Gasteiger partial charge >= 0.3 is 0 Å². The second-order valence-electron chi connectivity index (χ2n) is 5.25. The molecule has 0 aromatic carbocycles. The molecular formula is C13H21N3. The molecule has 3 nitrogen and oxygen atoms in total. The molecule has 2 rings (SSSR count). The molecule has 1 aliphatic carbocycles. The number of rotatable bonds is 3. The van der Waals surface area contributed by atoms with Crippen LogP contribution in [0.15, 0.2) is 6.07 Å². The fourth-order valence-corrected chi connectivity index (χ4v) is 2.25. The first-order valence-corrected chi connectivity index (χ1v) is 6.13. The van der Waals surface area contributed by atoms with Crippen molar-refractivity contribution < 1.29 is 0 Å². The summed E-state index contributed by atoms with van der Waals surface area (Å²) in [7, 11) is 0. The number of nitrogens with two attached hydrogens (primary N) is 1. The third-order valence-electron chi connectivity index (χ3n) is 3.64. The normalized spacial score (nSPS) is 18.6. The Hall–Kier alpha value is -0.960. The monoisotopic (exact) mass is 219 g/mol. The Labute approximate surface area is 97.5 Å². The van der Waals surface area contributed by atoms with Crippen LogP contribution in [-0.2, 0) is 5.41 Å². The Balaban J connectivity index is 2.40. The molecule has 88 valence electrons. The average Bonchev–Trinajstić information content (AvgIpc) is 2.16. The quantitative estimate of drug-likeness (QED) is 0.848. The molecule has 1 aromatic heterocycles. The minimum absolute atomic E-state index is 0.0790. The van der Waals surface area contributed by atoms with Gasteiger partial charge in [-0.2, -0.15) is 0 Å². The Kier molecular flexibility index (Phi) is 2.98. The predicted molar refractivity (Wildman–Crippen MR) is 65.4 cm³/mol. The van der Waals surface area contributed by atoms with E-state index in [4.69, 9.17) is 10.7 Å². The van der Waals surface area contributed by atoms with Gasteiger partial charge in [0.25, 0.3) is 0 Å². The first-order valence-electron chi connectivity index (χ1n) is 6.13. The van der Waals surface area contributed by atoms with Gasteiger partial charge in [0, 0.05) is 23.3 Å². The number of hydrogen-bond donors (Lipinski definition) is 1. The van der Waals surface area contributed by atoms with E-state index in [-0.39, 0.29) is 5.41 Å².